The molecular weight excluding hydrogens is 1020 g/mol. The lowest BCUT2D eigenvalue weighted by atomic mass is 9.47. The van der Waals surface area contributed by atoms with Crippen molar-refractivity contribution in [2.24, 2.45) is 0 Å². The Balaban J connectivity index is 4.11. The van der Waals surface area contributed by atoms with Gasteiger partial charge in [-0.1, -0.05) is 158 Å². The molecule has 9 atom stereocenters. The first kappa shape index (κ1) is 71.9. The second kappa shape index (κ2) is 33.8. The summed E-state index contributed by atoms with van der Waals surface area (Å²) >= 11 is 0. The molecule has 7 N–H and O–H groups in total. The number of carbonyl (C=O) groups is 8. The van der Waals surface area contributed by atoms with Crippen LogP contribution in [0.1, 0.15) is 261 Å². The molecule has 0 amide bonds. The van der Waals surface area contributed by atoms with Crippen LogP contribution in [-0.2, 0) is 57.3 Å². The third kappa shape index (κ3) is 14.6. The number of hydrogen-bond acceptors (Lipinski definition) is 19. The van der Waals surface area contributed by atoms with E-state index in [1.165, 1.54) is 0 Å². The minimum atomic E-state index is -4.60. The van der Waals surface area contributed by atoms with Gasteiger partial charge in [-0.05, 0) is 51.4 Å². The van der Waals surface area contributed by atoms with E-state index in [4.69, 9.17) is 18.9 Å². The first-order valence-electron chi connectivity index (χ1n) is 30.3. The van der Waals surface area contributed by atoms with Crippen molar-refractivity contribution in [1.29, 1.82) is 0 Å². The summed E-state index contributed by atoms with van der Waals surface area (Å²) < 4.78 is 26.0. The highest BCUT2D eigenvalue weighted by molar-refractivity contribution is 6.22. The average molecular weight is 1130 g/mol. The maximum atomic E-state index is 16.8. The van der Waals surface area contributed by atoms with Crippen molar-refractivity contribution in [3.05, 3.63) is 0 Å². The number of carbonyl (C=O) groups excluding carboxylic acids is 8. The summed E-state index contributed by atoms with van der Waals surface area (Å²) in [7, 11) is 0. The van der Waals surface area contributed by atoms with E-state index in [0.717, 1.165) is 0 Å². The van der Waals surface area contributed by atoms with Crippen LogP contribution in [0.15, 0.2) is 0 Å². The molecule has 0 aromatic carbocycles. The van der Waals surface area contributed by atoms with Crippen LogP contribution in [0.2, 0.25) is 0 Å². The molecule has 19 heteroatoms. The van der Waals surface area contributed by atoms with Crippen LogP contribution in [0.3, 0.4) is 0 Å². The first-order chi connectivity index (χ1) is 37.5. The highest BCUT2D eigenvalue weighted by Crippen LogP contribution is 2.64. The highest BCUT2D eigenvalue weighted by atomic mass is 16.8. The molecule has 2 aliphatic rings. The number of Topliss-reactive ketones (excluding diaryl/α,β-unsaturated/α-hetero) is 7. The Kier molecular flexibility index (Phi) is 30.7. The Hall–Kier alpha value is -3.24. The molecule has 2 rings (SSSR count). The summed E-state index contributed by atoms with van der Waals surface area (Å²) in [5.41, 5.74) is -22.0. The summed E-state index contributed by atoms with van der Waals surface area (Å²) in [5.74, 6) is -20.6. The number of esters is 1. The minimum absolute atomic E-state index is 0.0125. The summed E-state index contributed by atoms with van der Waals surface area (Å²) in [6.45, 7) is 11.5. The predicted octanol–water partition coefficient (Wildman–Crippen LogP) is 7.37. The molecule has 0 aliphatic carbocycles. The van der Waals surface area contributed by atoms with Gasteiger partial charge >= 0.3 is 5.97 Å². The van der Waals surface area contributed by atoms with E-state index in [0.29, 0.717) is 57.8 Å². The molecule has 456 valence electrons. The standard InChI is InChI=1S/C60H102O19/c1-9-17-25-33-44(63)55(73,45(64)34-26-18-10-2)58(48(67)37-29-21-13-5)59(49(68)38-30-22-14-6,77-51(70)40-32-24-16-8)56(74,46(65)35-27-19-11-3)57(75,47(66)36-28-20-12-4)60(79-58,50(69)39-31-23-15-7)78-54(42-62)53(72)52(71)43(41-61)76-54/h43,52-53,61-62,71-75H,9-42H2,1-8H3/t43-,52-,53+,54?,56-,57-,58-,59+,60-/m1/s1. The molecule has 0 radical (unpaired) electrons. The smallest absolute Gasteiger partial charge is 0.307 e. The molecule has 2 heterocycles. The maximum absolute atomic E-state index is 16.8. The van der Waals surface area contributed by atoms with Crippen molar-refractivity contribution >= 4 is 46.5 Å². The Morgan fingerprint density at radius 1 is 0.468 bits per heavy atom. The van der Waals surface area contributed by atoms with Crippen LogP contribution in [0.25, 0.3) is 0 Å². The third-order valence-corrected chi connectivity index (χ3v) is 16.1. The second-order valence-electron chi connectivity index (χ2n) is 22.2. The molecule has 19 nitrogen and oxygen atoms in total. The largest absolute Gasteiger partial charge is 0.443 e. The lowest BCUT2D eigenvalue weighted by Gasteiger charge is -2.68. The fourth-order valence-electron chi connectivity index (χ4n) is 11.5. The van der Waals surface area contributed by atoms with E-state index in [1.54, 1.807) is 48.5 Å². The number of hydrogen-bond donors (Lipinski definition) is 7. The lowest BCUT2D eigenvalue weighted by Crippen LogP contribution is -2.99. The zero-order valence-corrected chi connectivity index (χ0v) is 49.3. The van der Waals surface area contributed by atoms with Crippen molar-refractivity contribution in [2.75, 3.05) is 13.2 Å². The van der Waals surface area contributed by atoms with Gasteiger partial charge in [0, 0.05) is 51.4 Å². The zero-order valence-electron chi connectivity index (χ0n) is 49.3. The summed E-state index contributed by atoms with van der Waals surface area (Å²) in [5, 5.41) is 89.4. The average Bonchev–Trinajstić information content (AvgIpc) is 1.50. The SMILES string of the molecule is CCCCCC(=O)O[C@@]1(C(=O)CCCCC)[C@@](O)(C(=O)CCCCC)[C@](O)(C(=O)CCCCC)[C@@](OC2(CO)O[C@H](CO)[C@@H](O)[C@@H]2O)(C(=O)CCCCC)O[C@]1(C(=O)CCCCC)C(O)(C(=O)CCCCC)C(=O)CCCCC. The van der Waals surface area contributed by atoms with Gasteiger partial charge in [-0.15, -0.1) is 0 Å². The van der Waals surface area contributed by atoms with Crippen LogP contribution in [0.4, 0.5) is 0 Å². The van der Waals surface area contributed by atoms with Crippen molar-refractivity contribution in [3.8, 4) is 0 Å². The molecule has 2 fully saturated rings. The van der Waals surface area contributed by atoms with E-state index in [1.807, 2.05) is 6.92 Å². The fourth-order valence-corrected chi connectivity index (χ4v) is 11.5. The van der Waals surface area contributed by atoms with Crippen LogP contribution < -0.4 is 0 Å². The molecule has 2 saturated heterocycles. The second-order valence-corrected chi connectivity index (χ2v) is 22.2. The third-order valence-electron chi connectivity index (χ3n) is 16.1. The Morgan fingerprint density at radius 3 is 1.20 bits per heavy atom. The first-order valence-corrected chi connectivity index (χ1v) is 30.3. The number of aliphatic hydroxyl groups excluding tert-OH is 4. The van der Waals surface area contributed by atoms with Gasteiger partial charge in [0.2, 0.25) is 33.8 Å². The van der Waals surface area contributed by atoms with Crippen LogP contribution in [0, 0.1) is 0 Å². The van der Waals surface area contributed by atoms with Crippen LogP contribution in [-0.4, -0.2) is 153 Å². The van der Waals surface area contributed by atoms with Crippen molar-refractivity contribution in [2.45, 2.75) is 319 Å². The monoisotopic (exact) mass is 1130 g/mol. The van der Waals surface area contributed by atoms with Gasteiger partial charge in [-0.25, -0.2) is 0 Å². The molecule has 79 heavy (non-hydrogen) atoms. The molecule has 0 bridgehead atoms. The predicted molar refractivity (Wildman–Crippen MR) is 293 cm³/mol. The molecule has 0 aromatic rings. The van der Waals surface area contributed by atoms with Gasteiger partial charge in [0.25, 0.3) is 5.79 Å². The number of ketones is 7. The summed E-state index contributed by atoms with van der Waals surface area (Å²) in [6, 6.07) is 0. The fraction of sp³-hybridized carbons (Fsp3) is 0.867. The van der Waals surface area contributed by atoms with Crippen molar-refractivity contribution in [1.82, 2.24) is 0 Å². The maximum Gasteiger partial charge on any atom is 0.307 e. The molecule has 0 aromatic heterocycles. The number of ether oxygens (including phenoxy) is 4. The summed E-state index contributed by atoms with van der Waals surface area (Å²) in [4.78, 5) is 130. The van der Waals surface area contributed by atoms with E-state index >= 15 is 38.4 Å². The number of aliphatic hydroxyl groups is 7. The molecule has 0 saturated carbocycles. The summed E-state index contributed by atoms with van der Waals surface area (Å²) in [6.07, 6.45) is -8.88. The number of unbranched alkanes of at least 4 members (excludes halogenated alkanes) is 16. The van der Waals surface area contributed by atoms with Crippen molar-refractivity contribution in [3.63, 3.8) is 0 Å². The van der Waals surface area contributed by atoms with E-state index in [9.17, 15) is 35.7 Å². The van der Waals surface area contributed by atoms with Crippen LogP contribution >= 0.6 is 0 Å². The van der Waals surface area contributed by atoms with Gasteiger partial charge in [-0.3, -0.25) is 38.4 Å². The Labute approximate surface area is 470 Å². The lowest BCUT2D eigenvalue weighted by molar-refractivity contribution is -0.466. The van der Waals surface area contributed by atoms with Gasteiger partial charge in [0.1, 0.15) is 24.9 Å². The minimum Gasteiger partial charge on any atom is -0.443 e. The molecule has 0 spiro atoms. The molecular formula is C60H102O19. The van der Waals surface area contributed by atoms with Gasteiger partial charge < -0.3 is 54.7 Å². The number of rotatable bonds is 45. The van der Waals surface area contributed by atoms with Crippen molar-refractivity contribution < 1.29 is 93.0 Å². The Bertz CT molecular complexity index is 1950. The van der Waals surface area contributed by atoms with Gasteiger partial charge in [0.05, 0.1) is 6.61 Å². The normalized spacial score (nSPS) is 27.9. The topological polar surface area (TPSA) is 315 Å². The van der Waals surface area contributed by atoms with Gasteiger partial charge in [-0.2, -0.15) is 0 Å². The van der Waals surface area contributed by atoms with E-state index in [-0.39, 0.29) is 96.3 Å². The Morgan fingerprint density at radius 2 is 0.823 bits per heavy atom. The highest BCUT2D eigenvalue weighted by Gasteiger charge is 2.97. The molecule has 1 unspecified atom stereocenters. The van der Waals surface area contributed by atoms with E-state index in [2.05, 4.69) is 0 Å². The van der Waals surface area contributed by atoms with Crippen LogP contribution in [0.5, 0.6) is 0 Å². The van der Waals surface area contributed by atoms with Gasteiger partial charge in [0.15, 0.2) is 40.5 Å². The zero-order chi connectivity index (χ0) is 59.7. The quantitative estimate of drug-likeness (QED) is 0.0178. The van der Waals surface area contributed by atoms with E-state index < -0.39 is 169 Å². The molecule has 2 aliphatic heterocycles.